The maximum atomic E-state index is 9.89. The molecule has 0 heterocycles. The standard InChI is InChI=1S/C17H21NO2/c1-12-5-4-6-13(2)17(12)20-15-9-7-14(8-10-15)16(19)11-18-3/h4-10,16,18-19H,11H2,1-3H3. The Morgan fingerprint density at radius 3 is 2.20 bits per heavy atom. The second-order valence-corrected chi connectivity index (χ2v) is 4.97. The van der Waals surface area contributed by atoms with E-state index >= 15 is 0 Å². The maximum absolute atomic E-state index is 9.89. The molecule has 2 N–H and O–H groups in total. The zero-order valence-corrected chi connectivity index (χ0v) is 12.2. The Balaban J connectivity index is 2.15. The first-order valence-electron chi connectivity index (χ1n) is 6.78. The molecule has 0 aliphatic carbocycles. The van der Waals surface area contributed by atoms with E-state index in [4.69, 9.17) is 4.74 Å². The molecule has 0 radical (unpaired) electrons. The number of ether oxygens (including phenoxy) is 1. The van der Waals surface area contributed by atoms with Crippen LogP contribution in [0.2, 0.25) is 0 Å². The summed E-state index contributed by atoms with van der Waals surface area (Å²) in [6, 6.07) is 13.7. The van der Waals surface area contributed by atoms with Crippen molar-refractivity contribution >= 4 is 0 Å². The summed E-state index contributed by atoms with van der Waals surface area (Å²) >= 11 is 0. The molecule has 2 aromatic rings. The van der Waals surface area contributed by atoms with Crippen LogP contribution in [-0.2, 0) is 0 Å². The van der Waals surface area contributed by atoms with Crippen molar-refractivity contribution in [3.8, 4) is 11.5 Å². The van der Waals surface area contributed by atoms with E-state index in [1.807, 2.05) is 63.4 Å². The van der Waals surface area contributed by atoms with Gasteiger partial charge in [-0.1, -0.05) is 30.3 Å². The van der Waals surface area contributed by atoms with Crippen LogP contribution in [0.4, 0.5) is 0 Å². The predicted octanol–water partition coefficient (Wildman–Crippen LogP) is 3.35. The van der Waals surface area contributed by atoms with Gasteiger partial charge in [0.2, 0.25) is 0 Å². The smallest absolute Gasteiger partial charge is 0.133 e. The average Bonchev–Trinajstić information content (AvgIpc) is 2.44. The third-order valence-corrected chi connectivity index (χ3v) is 3.29. The van der Waals surface area contributed by atoms with Crippen LogP contribution in [-0.4, -0.2) is 18.7 Å². The molecule has 2 rings (SSSR count). The minimum absolute atomic E-state index is 0.491. The van der Waals surface area contributed by atoms with Crippen LogP contribution >= 0.6 is 0 Å². The first kappa shape index (κ1) is 14.6. The highest BCUT2D eigenvalue weighted by atomic mass is 16.5. The van der Waals surface area contributed by atoms with E-state index in [1.165, 1.54) is 0 Å². The zero-order chi connectivity index (χ0) is 14.5. The number of para-hydroxylation sites is 1. The second-order valence-electron chi connectivity index (χ2n) is 4.97. The van der Waals surface area contributed by atoms with Gasteiger partial charge in [0.25, 0.3) is 0 Å². The SMILES string of the molecule is CNCC(O)c1ccc(Oc2c(C)cccc2C)cc1. The molecule has 0 aromatic heterocycles. The number of aliphatic hydroxyl groups is 1. The molecule has 106 valence electrons. The molecule has 0 fully saturated rings. The maximum Gasteiger partial charge on any atom is 0.133 e. The summed E-state index contributed by atoms with van der Waals surface area (Å²) in [6.45, 7) is 4.61. The molecule has 2 aromatic carbocycles. The number of benzene rings is 2. The number of aliphatic hydroxyl groups excluding tert-OH is 1. The number of hydrogen-bond donors (Lipinski definition) is 2. The lowest BCUT2D eigenvalue weighted by molar-refractivity contribution is 0.177. The quantitative estimate of drug-likeness (QED) is 0.876. The Morgan fingerprint density at radius 1 is 1.05 bits per heavy atom. The number of rotatable bonds is 5. The number of nitrogens with one attached hydrogen (secondary N) is 1. The molecular weight excluding hydrogens is 250 g/mol. The lowest BCUT2D eigenvalue weighted by Gasteiger charge is -2.13. The summed E-state index contributed by atoms with van der Waals surface area (Å²) in [6.07, 6.45) is -0.491. The number of aryl methyl sites for hydroxylation is 2. The largest absolute Gasteiger partial charge is 0.457 e. The predicted molar refractivity (Wildman–Crippen MR) is 81.3 cm³/mol. The normalized spacial score (nSPS) is 12.2. The van der Waals surface area contributed by atoms with Crippen molar-refractivity contribution in [1.82, 2.24) is 5.32 Å². The molecule has 0 saturated carbocycles. The Labute approximate surface area is 120 Å². The highest BCUT2D eigenvalue weighted by molar-refractivity contribution is 5.43. The van der Waals surface area contributed by atoms with Gasteiger partial charge < -0.3 is 15.2 Å². The minimum Gasteiger partial charge on any atom is -0.457 e. The van der Waals surface area contributed by atoms with Crippen molar-refractivity contribution in [3.05, 3.63) is 59.2 Å². The monoisotopic (exact) mass is 271 g/mol. The molecular formula is C17H21NO2. The Bertz CT molecular complexity index is 543. The first-order valence-corrected chi connectivity index (χ1v) is 6.78. The van der Waals surface area contributed by atoms with E-state index in [1.54, 1.807) is 0 Å². The van der Waals surface area contributed by atoms with E-state index in [0.717, 1.165) is 28.2 Å². The Hall–Kier alpha value is -1.84. The van der Waals surface area contributed by atoms with Gasteiger partial charge in [0.15, 0.2) is 0 Å². The van der Waals surface area contributed by atoms with E-state index in [0.29, 0.717) is 6.54 Å². The van der Waals surface area contributed by atoms with Crippen LogP contribution in [0, 0.1) is 13.8 Å². The third-order valence-electron chi connectivity index (χ3n) is 3.29. The molecule has 0 bridgehead atoms. The summed E-state index contributed by atoms with van der Waals surface area (Å²) in [5, 5.41) is 12.8. The third kappa shape index (κ3) is 3.38. The van der Waals surface area contributed by atoms with Gasteiger partial charge in [-0.15, -0.1) is 0 Å². The van der Waals surface area contributed by atoms with Crippen LogP contribution in [0.1, 0.15) is 22.8 Å². The Kier molecular flexibility index (Phi) is 4.77. The van der Waals surface area contributed by atoms with Crippen LogP contribution in [0.15, 0.2) is 42.5 Å². The van der Waals surface area contributed by atoms with Crippen molar-refractivity contribution in [2.45, 2.75) is 20.0 Å². The lowest BCUT2D eigenvalue weighted by atomic mass is 10.1. The Morgan fingerprint density at radius 2 is 1.65 bits per heavy atom. The first-order chi connectivity index (χ1) is 9.61. The molecule has 0 aliphatic rings. The molecule has 1 atom stereocenters. The van der Waals surface area contributed by atoms with Gasteiger partial charge in [0.1, 0.15) is 11.5 Å². The van der Waals surface area contributed by atoms with Crippen molar-refractivity contribution in [2.24, 2.45) is 0 Å². The van der Waals surface area contributed by atoms with Gasteiger partial charge in [-0.05, 0) is 49.7 Å². The van der Waals surface area contributed by atoms with Gasteiger partial charge in [-0.3, -0.25) is 0 Å². The van der Waals surface area contributed by atoms with E-state index in [2.05, 4.69) is 5.32 Å². The molecule has 3 heteroatoms. The van der Waals surface area contributed by atoms with Crippen LogP contribution in [0.3, 0.4) is 0 Å². The number of hydrogen-bond acceptors (Lipinski definition) is 3. The van der Waals surface area contributed by atoms with Crippen molar-refractivity contribution in [1.29, 1.82) is 0 Å². The fourth-order valence-corrected chi connectivity index (χ4v) is 2.15. The van der Waals surface area contributed by atoms with Crippen LogP contribution in [0.25, 0.3) is 0 Å². The van der Waals surface area contributed by atoms with Crippen LogP contribution < -0.4 is 10.1 Å². The summed E-state index contributed by atoms with van der Waals surface area (Å²) in [5.41, 5.74) is 3.11. The average molecular weight is 271 g/mol. The second kappa shape index (κ2) is 6.55. The van der Waals surface area contributed by atoms with Gasteiger partial charge in [0.05, 0.1) is 6.10 Å². The molecule has 0 saturated heterocycles. The molecule has 20 heavy (non-hydrogen) atoms. The molecule has 0 aliphatic heterocycles. The van der Waals surface area contributed by atoms with Crippen LogP contribution in [0.5, 0.6) is 11.5 Å². The molecule has 1 unspecified atom stereocenters. The minimum atomic E-state index is -0.491. The van der Waals surface area contributed by atoms with Gasteiger partial charge in [-0.25, -0.2) is 0 Å². The van der Waals surface area contributed by atoms with Gasteiger partial charge in [-0.2, -0.15) is 0 Å². The summed E-state index contributed by atoms with van der Waals surface area (Å²) < 4.78 is 5.94. The summed E-state index contributed by atoms with van der Waals surface area (Å²) in [5.74, 6) is 1.68. The molecule has 0 amide bonds. The highest BCUT2D eigenvalue weighted by Crippen LogP contribution is 2.29. The van der Waals surface area contributed by atoms with Crippen molar-refractivity contribution in [3.63, 3.8) is 0 Å². The fourth-order valence-electron chi connectivity index (χ4n) is 2.15. The number of likely N-dealkylation sites (N-methyl/N-ethyl adjacent to an activating group) is 1. The summed E-state index contributed by atoms with van der Waals surface area (Å²) in [7, 11) is 1.82. The van der Waals surface area contributed by atoms with E-state index in [-0.39, 0.29) is 0 Å². The summed E-state index contributed by atoms with van der Waals surface area (Å²) in [4.78, 5) is 0. The highest BCUT2D eigenvalue weighted by Gasteiger charge is 2.08. The van der Waals surface area contributed by atoms with Crippen molar-refractivity contribution < 1.29 is 9.84 Å². The van der Waals surface area contributed by atoms with Crippen molar-refractivity contribution in [2.75, 3.05) is 13.6 Å². The van der Waals surface area contributed by atoms with Gasteiger partial charge >= 0.3 is 0 Å². The topological polar surface area (TPSA) is 41.5 Å². The fraction of sp³-hybridized carbons (Fsp3) is 0.294. The zero-order valence-electron chi connectivity index (χ0n) is 12.2. The van der Waals surface area contributed by atoms with E-state index < -0.39 is 6.10 Å². The lowest BCUT2D eigenvalue weighted by Crippen LogP contribution is -2.16. The van der Waals surface area contributed by atoms with Gasteiger partial charge in [0, 0.05) is 6.54 Å². The van der Waals surface area contributed by atoms with E-state index in [9.17, 15) is 5.11 Å². The molecule has 0 spiro atoms. The molecule has 3 nitrogen and oxygen atoms in total.